The van der Waals surface area contributed by atoms with Gasteiger partial charge >= 0.3 is 0 Å². The van der Waals surface area contributed by atoms with Crippen LogP contribution in [-0.2, 0) is 4.79 Å². The van der Waals surface area contributed by atoms with E-state index in [1.54, 1.807) is 17.9 Å². The first-order valence-electron chi connectivity index (χ1n) is 10.6. The summed E-state index contributed by atoms with van der Waals surface area (Å²) in [7, 11) is 0. The molecule has 0 atom stereocenters. The molecule has 31 heavy (non-hydrogen) atoms. The van der Waals surface area contributed by atoms with E-state index < -0.39 is 5.41 Å². The molecule has 1 aliphatic heterocycles. The average Bonchev–Trinajstić information content (AvgIpc) is 3.02. The Morgan fingerprint density at radius 1 is 1.13 bits per heavy atom. The third kappa shape index (κ3) is 4.15. The number of hydrogen-bond acceptors (Lipinski definition) is 4. The van der Waals surface area contributed by atoms with Crippen LogP contribution < -0.4 is 10.2 Å². The molecular weight excluding hydrogens is 419 g/mol. The minimum Gasteiger partial charge on any atom is -0.347 e. The smallest absolute Gasteiger partial charge is 0.289 e. The molecule has 2 heterocycles. The number of carbonyl (C=O) groups excluding carboxylic acids is 2. The van der Waals surface area contributed by atoms with Gasteiger partial charge < -0.3 is 10.2 Å². The van der Waals surface area contributed by atoms with Crippen LogP contribution in [0.25, 0.3) is 0 Å². The first-order valence-corrected chi connectivity index (χ1v) is 11.0. The van der Waals surface area contributed by atoms with Gasteiger partial charge in [-0.05, 0) is 76.6 Å². The Hall–Kier alpha value is -2.54. The number of nitrogens with zero attached hydrogens (tertiary/aromatic N) is 3. The quantitative estimate of drug-likeness (QED) is 0.766. The second kappa shape index (κ2) is 8.19. The average molecular weight is 445 g/mol. The monoisotopic (exact) mass is 444 g/mol. The van der Waals surface area contributed by atoms with Crippen molar-refractivity contribution >= 4 is 29.1 Å². The topological polar surface area (TPSA) is 75.2 Å². The van der Waals surface area contributed by atoms with Crippen molar-refractivity contribution in [3.63, 3.8) is 0 Å². The third-order valence-electron chi connectivity index (χ3n) is 6.49. The molecule has 1 N–H and O–H groups in total. The van der Waals surface area contributed by atoms with Crippen molar-refractivity contribution in [3.05, 3.63) is 51.8 Å². The Labute approximate surface area is 186 Å². The molecule has 1 spiro atoms. The zero-order chi connectivity index (χ0) is 22.3. The highest BCUT2D eigenvalue weighted by Crippen LogP contribution is 2.47. The van der Waals surface area contributed by atoms with Crippen LogP contribution in [0.4, 0.5) is 10.1 Å². The number of benzene rings is 1. The summed E-state index contributed by atoms with van der Waals surface area (Å²) in [6, 6.07) is 4.73. The van der Waals surface area contributed by atoms with Gasteiger partial charge in [0.25, 0.3) is 5.91 Å². The molecule has 8 heteroatoms. The van der Waals surface area contributed by atoms with Crippen LogP contribution in [0.15, 0.2) is 18.2 Å². The van der Waals surface area contributed by atoms with Crippen LogP contribution in [0.2, 0.25) is 5.02 Å². The van der Waals surface area contributed by atoms with E-state index in [1.165, 1.54) is 6.07 Å². The Balaban J connectivity index is 1.42. The van der Waals surface area contributed by atoms with E-state index in [0.29, 0.717) is 43.5 Å². The molecule has 0 bridgehead atoms. The van der Waals surface area contributed by atoms with Gasteiger partial charge in [0, 0.05) is 24.0 Å². The number of rotatable bonds is 3. The lowest BCUT2D eigenvalue weighted by Gasteiger charge is -2.36. The Morgan fingerprint density at radius 3 is 2.42 bits per heavy atom. The molecule has 1 aromatic heterocycles. The summed E-state index contributed by atoms with van der Waals surface area (Å²) in [6.07, 6.45) is 3.55. The van der Waals surface area contributed by atoms with E-state index in [4.69, 9.17) is 11.6 Å². The van der Waals surface area contributed by atoms with Crippen LogP contribution in [0.3, 0.4) is 0 Å². The third-order valence-corrected chi connectivity index (χ3v) is 6.80. The lowest BCUT2D eigenvalue weighted by atomic mass is 9.71. The van der Waals surface area contributed by atoms with Crippen molar-refractivity contribution in [2.45, 2.75) is 58.9 Å². The maximum atomic E-state index is 13.8. The standard InChI is InChI=1S/C23H26ClFN4O2/c1-13-10-19(17(24)12-18(13)25)29-9-8-23(22(29)31)6-4-16(5-7-23)28-21(30)20-26-14(2)11-15(3)27-20/h10-12,16H,4-9H2,1-3H3,(H,28,30). The van der Waals surface area contributed by atoms with Gasteiger partial charge in [0.05, 0.1) is 16.1 Å². The maximum Gasteiger partial charge on any atom is 0.289 e. The Morgan fingerprint density at radius 2 is 1.77 bits per heavy atom. The fraction of sp³-hybridized carbons (Fsp3) is 0.478. The van der Waals surface area contributed by atoms with E-state index >= 15 is 0 Å². The summed E-state index contributed by atoms with van der Waals surface area (Å²) in [4.78, 5) is 36.0. The van der Waals surface area contributed by atoms with Crippen molar-refractivity contribution in [1.82, 2.24) is 15.3 Å². The molecule has 0 radical (unpaired) electrons. The second-order valence-electron chi connectivity index (χ2n) is 8.76. The predicted molar refractivity (Wildman–Crippen MR) is 117 cm³/mol. The van der Waals surface area contributed by atoms with Crippen molar-refractivity contribution in [3.8, 4) is 0 Å². The Bertz CT molecular complexity index is 1030. The second-order valence-corrected chi connectivity index (χ2v) is 9.17. The molecule has 6 nitrogen and oxygen atoms in total. The first-order chi connectivity index (χ1) is 14.7. The molecule has 2 fully saturated rings. The van der Waals surface area contributed by atoms with Gasteiger partial charge in [-0.2, -0.15) is 0 Å². The van der Waals surface area contributed by atoms with E-state index in [-0.39, 0.29) is 34.5 Å². The van der Waals surface area contributed by atoms with Gasteiger partial charge in [0.15, 0.2) is 0 Å². The normalized spacial score (nSPS) is 23.5. The highest BCUT2D eigenvalue weighted by Gasteiger charge is 2.49. The highest BCUT2D eigenvalue weighted by molar-refractivity contribution is 6.34. The number of halogens is 2. The summed E-state index contributed by atoms with van der Waals surface area (Å²) in [5.41, 5.74) is 2.11. The van der Waals surface area contributed by atoms with Crippen LogP contribution >= 0.6 is 11.6 Å². The predicted octanol–water partition coefficient (Wildman–Crippen LogP) is 4.29. The number of aryl methyl sites for hydroxylation is 3. The van der Waals surface area contributed by atoms with E-state index in [2.05, 4.69) is 15.3 Å². The van der Waals surface area contributed by atoms with Crippen molar-refractivity contribution in [2.24, 2.45) is 5.41 Å². The van der Waals surface area contributed by atoms with Gasteiger partial charge in [0.1, 0.15) is 5.82 Å². The molecule has 164 valence electrons. The van der Waals surface area contributed by atoms with E-state index in [9.17, 15) is 14.0 Å². The summed E-state index contributed by atoms with van der Waals surface area (Å²) >= 11 is 6.24. The summed E-state index contributed by atoms with van der Waals surface area (Å²) in [5.74, 6) is -0.426. The van der Waals surface area contributed by atoms with Gasteiger partial charge in [-0.3, -0.25) is 9.59 Å². The fourth-order valence-corrected chi connectivity index (χ4v) is 5.01. The number of nitrogens with one attached hydrogen (secondary N) is 1. The number of aromatic nitrogens is 2. The molecule has 1 aliphatic carbocycles. The van der Waals surface area contributed by atoms with E-state index in [1.807, 2.05) is 19.9 Å². The molecule has 2 aromatic rings. The SMILES string of the molecule is Cc1cc(C)nc(C(=O)NC2CCC3(CC2)CCN(c2cc(C)c(F)cc2Cl)C3=O)n1. The van der Waals surface area contributed by atoms with Crippen LogP contribution in [0.1, 0.15) is 59.7 Å². The lowest BCUT2D eigenvalue weighted by molar-refractivity contribution is -0.127. The largest absolute Gasteiger partial charge is 0.347 e. The number of anilines is 1. The Kier molecular flexibility index (Phi) is 5.73. The highest BCUT2D eigenvalue weighted by atomic mass is 35.5. The van der Waals surface area contributed by atoms with Crippen LogP contribution in [0.5, 0.6) is 0 Å². The number of amides is 2. The van der Waals surface area contributed by atoms with Gasteiger partial charge in [-0.25, -0.2) is 14.4 Å². The number of carbonyl (C=O) groups is 2. The summed E-state index contributed by atoms with van der Waals surface area (Å²) in [6.45, 7) is 5.90. The molecule has 4 rings (SSSR count). The van der Waals surface area contributed by atoms with Crippen LogP contribution in [0, 0.1) is 32.0 Å². The van der Waals surface area contributed by atoms with Crippen molar-refractivity contribution in [1.29, 1.82) is 0 Å². The van der Waals surface area contributed by atoms with Gasteiger partial charge in [-0.1, -0.05) is 11.6 Å². The molecule has 1 aromatic carbocycles. The van der Waals surface area contributed by atoms with E-state index in [0.717, 1.165) is 17.8 Å². The zero-order valence-electron chi connectivity index (χ0n) is 18.0. The minimum atomic E-state index is -0.441. The van der Waals surface area contributed by atoms with Gasteiger partial charge in [0.2, 0.25) is 11.7 Å². The molecule has 2 aliphatic rings. The van der Waals surface area contributed by atoms with Crippen LogP contribution in [-0.4, -0.2) is 34.4 Å². The fourth-order valence-electron chi connectivity index (χ4n) is 4.76. The molecule has 0 unspecified atom stereocenters. The van der Waals surface area contributed by atoms with Crippen molar-refractivity contribution < 1.29 is 14.0 Å². The molecule has 2 amide bonds. The van der Waals surface area contributed by atoms with Gasteiger partial charge in [-0.15, -0.1) is 0 Å². The zero-order valence-corrected chi connectivity index (χ0v) is 18.7. The lowest BCUT2D eigenvalue weighted by Crippen LogP contribution is -2.44. The minimum absolute atomic E-state index is 0.0129. The summed E-state index contributed by atoms with van der Waals surface area (Å²) in [5, 5.41) is 3.28. The molecule has 1 saturated carbocycles. The summed E-state index contributed by atoms with van der Waals surface area (Å²) < 4.78 is 13.8. The molecular formula is C23H26ClFN4O2. The van der Waals surface area contributed by atoms with Crippen molar-refractivity contribution in [2.75, 3.05) is 11.4 Å². The maximum absolute atomic E-state index is 13.8. The first kappa shape index (κ1) is 21.7. The number of hydrogen-bond donors (Lipinski definition) is 1. The molecule has 1 saturated heterocycles.